The molecule has 2 rings (SSSR count). The molecular formula is C8H8ClN3S2. The number of hydrogen-bond acceptors (Lipinski definition) is 5. The zero-order valence-corrected chi connectivity index (χ0v) is 9.84. The van der Waals surface area contributed by atoms with Gasteiger partial charge in [-0.3, -0.25) is 0 Å². The Hall–Kier alpha value is -0.650. The molecule has 0 saturated carbocycles. The summed E-state index contributed by atoms with van der Waals surface area (Å²) in [5, 5.41) is 7.40. The van der Waals surface area contributed by atoms with Crippen LogP contribution in [-0.4, -0.2) is 9.97 Å². The number of rotatable bonds is 3. The third kappa shape index (κ3) is 2.43. The Morgan fingerprint density at radius 3 is 3.00 bits per heavy atom. The van der Waals surface area contributed by atoms with Crippen LogP contribution in [0.1, 0.15) is 9.88 Å². The predicted molar refractivity (Wildman–Crippen MR) is 61.3 cm³/mol. The van der Waals surface area contributed by atoms with Gasteiger partial charge in [0, 0.05) is 16.5 Å². The maximum Gasteiger partial charge on any atom is 0.184 e. The quantitative estimate of drug-likeness (QED) is 0.903. The van der Waals surface area contributed by atoms with Crippen molar-refractivity contribution >= 4 is 39.4 Å². The van der Waals surface area contributed by atoms with Crippen LogP contribution in [0.15, 0.2) is 11.6 Å². The first-order valence-electron chi connectivity index (χ1n) is 4.00. The SMILES string of the molecule is Cc1cnc(CNc2nc(Cl)cs2)s1. The lowest BCUT2D eigenvalue weighted by Gasteiger charge is -1.97. The molecule has 6 heteroatoms. The van der Waals surface area contributed by atoms with Gasteiger partial charge in [-0.2, -0.15) is 0 Å². The van der Waals surface area contributed by atoms with Gasteiger partial charge in [-0.25, -0.2) is 9.97 Å². The second-order valence-corrected chi connectivity index (χ2v) is 5.26. The third-order valence-corrected chi connectivity index (χ3v) is 3.57. The maximum absolute atomic E-state index is 5.69. The lowest BCUT2D eigenvalue weighted by Crippen LogP contribution is -1.97. The molecule has 0 aromatic carbocycles. The largest absolute Gasteiger partial charge is 0.355 e. The van der Waals surface area contributed by atoms with Crippen LogP contribution in [0.4, 0.5) is 5.13 Å². The zero-order chi connectivity index (χ0) is 9.97. The molecule has 0 aliphatic heterocycles. The highest BCUT2D eigenvalue weighted by Crippen LogP contribution is 2.20. The average Bonchev–Trinajstić information content (AvgIpc) is 2.72. The summed E-state index contributed by atoms with van der Waals surface area (Å²) in [6, 6.07) is 0. The first kappa shape index (κ1) is 9.89. The van der Waals surface area contributed by atoms with Gasteiger partial charge >= 0.3 is 0 Å². The summed E-state index contributed by atoms with van der Waals surface area (Å²) >= 11 is 8.87. The Labute approximate surface area is 94.8 Å². The van der Waals surface area contributed by atoms with E-state index in [-0.39, 0.29) is 0 Å². The molecule has 2 aromatic heterocycles. The second kappa shape index (κ2) is 4.25. The summed E-state index contributed by atoms with van der Waals surface area (Å²) in [5.74, 6) is 0. The van der Waals surface area contributed by atoms with Crippen molar-refractivity contribution in [3.8, 4) is 0 Å². The van der Waals surface area contributed by atoms with Crippen molar-refractivity contribution in [3.05, 3.63) is 26.6 Å². The van der Waals surface area contributed by atoms with Crippen molar-refractivity contribution in [2.45, 2.75) is 13.5 Å². The summed E-state index contributed by atoms with van der Waals surface area (Å²) < 4.78 is 0. The molecule has 2 aromatic rings. The third-order valence-electron chi connectivity index (χ3n) is 1.54. The summed E-state index contributed by atoms with van der Waals surface area (Å²) in [6.07, 6.45) is 1.87. The second-order valence-electron chi connectivity index (χ2n) is 2.69. The summed E-state index contributed by atoms with van der Waals surface area (Å²) in [6.45, 7) is 2.75. The highest BCUT2D eigenvalue weighted by Gasteiger charge is 2.01. The number of aryl methyl sites for hydroxylation is 1. The molecule has 0 saturated heterocycles. The number of nitrogens with one attached hydrogen (secondary N) is 1. The normalized spacial score (nSPS) is 10.4. The Morgan fingerprint density at radius 2 is 2.43 bits per heavy atom. The fraction of sp³-hybridized carbons (Fsp3) is 0.250. The maximum atomic E-state index is 5.69. The Bertz CT molecular complexity index is 383. The summed E-state index contributed by atoms with van der Waals surface area (Å²) in [5.41, 5.74) is 0. The molecule has 0 spiro atoms. The summed E-state index contributed by atoms with van der Waals surface area (Å²) in [4.78, 5) is 9.54. The number of thiazole rings is 2. The van der Waals surface area contributed by atoms with Gasteiger partial charge in [0.1, 0.15) is 10.2 Å². The first-order chi connectivity index (χ1) is 6.74. The fourth-order valence-corrected chi connectivity index (χ4v) is 2.53. The number of halogens is 1. The highest BCUT2D eigenvalue weighted by atomic mass is 35.5. The fourth-order valence-electron chi connectivity index (χ4n) is 0.970. The van der Waals surface area contributed by atoms with Crippen molar-refractivity contribution in [1.29, 1.82) is 0 Å². The smallest absolute Gasteiger partial charge is 0.184 e. The van der Waals surface area contributed by atoms with Crippen molar-refractivity contribution < 1.29 is 0 Å². The topological polar surface area (TPSA) is 37.8 Å². The molecule has 74 valence electrons. The number of aromatic nitrogens is 2. The lowest BCUT2D eigenvalue weighted by atomic mass is 10.6. The first-order valence-corrected chi connectivity index (χ1v) is 6.07. The van der Waals surface area contributed by atoms with Crippen molar-refractivity contribution in [1.82, 2.24) is 9.97 Å². The molecule has 0 atom stereocenters. The number of hydrogen-bond donors (Lipinski definition) is 1. The van der Waals surface area contributed by atoms with Gasteiger partial charge in [0.05, 0.1) is 6.54 Å². The minimum Gasteiger partial charge on any atom is -0.355 e. The summed E-state index contributed by atoms with van der Waals surface area (Å²) in [7, 11) is 0. The molecule has 0 unspecified atom stereocenters. The van der Waals surface area contributed by atoms with Crippen LogP contribution in [0.3, 0.4) is 0 Å². The van der Waals surface area contributed by atoms with Crippen LogP contribution in [0, 0.1) is 6.92 Å². The van der Waals surface area contributed by atoms with Crippen molar-refractivity contribution in [2.24, 2.45) is 0 Å². The van der Waals surface area contributed by atoms with Crippen LogP contribution in [0.5, 0.6) is 0 Å². The van der Waals surface area contributed by atoms with Crippen molar-refractivity contribution in [2.75, 3.05) is 5.32 Å². The molecule has 0 bridgehead atoms. The minimum atomic E-state index is 0.535. The highest BCUT2D eigenvalue weighted by molar-refractivity contribution is 7.14. The zero-order valence-electron chi connectivity index (χ0n) is 7.45. The van der Waals surface area contributed by atoms with E-state index in [1.807, 2.05) is 13.1 Å². The molecular weight excluding hydrogens is 238 g/mol. The van der Waals surface area contributed by atoms with Crippen LogP contribution < -0.4 is 5.32 Å². The Kier molecular flexibility index (Phi) is 3.00. The molecule has 0 aliphatic carbocycles. The van der Waals surface area contributed by atoms with Gasteiger partial charge < -0.3 is 5.32 Å². The van der Waals surface area contributed by atoms with Crippen molar-refractivity contribution in [3.63, 3.8) is 0 Å². The van der Waals surface area contributed by atoms with Gasteiger partial charge in [0.15, 0.2) is 5.13 Å². The Morgan fingerprint density at radius 1 is 1.57 bits per heavy atom. The van der Waals surface area contributed by atoms with Crippen LogP contribution in [-0.2, 0) is 6.54 Å². The van der Waals surface area contributed by atoms with Crippen LogP contribution in [0.2, 0.25) is 5.15 Å². The molecule has 14 heavy (non-hydrogen) atoms. The standard InChI is InChI=1S/C8H8ClN3S2/c1-5-2-10-7(14-5)3-11-8-12-6(9)4-13-8/h2,4H,3H2,1H3,(H,11,12). The van der Waals surface area contributed by atoms with E-state index in [2.05, 4.69) is 15.3 Å². The molecule has 0 aliphatic rings. The van der Waals surface area contributed by atoms with Crippen LogP contribution in [0.25, 0.3) is 0 Å². The lowest BCUT2D eigenvalue weighted by molar-refractivity contribution is 1.09. The molecule has 3 nitrogen and oxygen atoms in total. The molecule has 0 fully saturated rings. The Balaban J connectivity index is 1.94. The van der Waals surface area contributed by atoms with E-state index in [9.17, 15) is 0 Å². The van der Waals surface area contributed by atoms with Gasteiger partial charge in [0.25, 0.3) is 0 Å². The average molecular weight is 246 g/mol. The van der Waals surface area contributed by atoms with E-state index in [4.69, 9.17) is 11.6 Å². The molecule has 2 heterocycles. The van der Waals surface area contributed by atoms with E-state index < -0.39 is 0 Å². The van der Waals surface area contributed by atoms with E-state index in [1.54, 1.807) is 16.7 Å². The van der Waals surface area contributed by atoms with Gasteiger partial charge in [-0.05, 0) is 6.92 Å². The van der Waals surface area contributed by atoms with Gasteiger partial charge in [-0.1, -0.05) is 11.6 Å². The van der Waals surface area contributed by atoms with E-state index in [1.165, 1.54) is 16.2 Å². The molecule has 1 N–H and O–H groups in total. The molecule has 0 amide bonds. The van der Waals surface area contributed by atoms with Gasteiger partial charge in [-0.15, -0.1) is 22.7 Å². The number of anilines is 1. The predicted octanol–water partition coefficient (Wildman–Crippen LogP) is 3.17. The van der Waals surface area contributed by atoms with Gasteiger partial charge in [0.2, 0.25) is 0 Å². The van der Waals surface area contributed by atoms with E-state index in [0.29, 0.717) is 11.7 Å². The van der Waals surface area contributed by atoms with E-state index >= 15 is 0 Å². The minimum absolute atomic E-state index is 0.535. The number of nitrogens with zero attached hydrogens (tertiary/aromatic N) is 2. The van der Waals surface area contributed by atoms with E-state index in [0.717, 1.165) is 10.1 Å². The van der Waals surface area contributed by atoms with Crippen LogP contribution >= 0.6 is 34.3 Å². The molecule has 0 radical (unpaired) electrons. The monoisotopic (exact) mass is 245 g/mol.